The topological polar surface area (TPSA) is 78.7 Å². The largest absolute Gasteiger partial charge is 0.467 e. The number of aliphatic imine (C=N–C) groups is 1. The van der Waals surface area contributed by atoms with Gasteiger partial charge in [0, 0.05) is 25.2 Å². The fourth-order valence-electron chi connectivity index (χ4n) is 2.27. The number of carbonyl (C=O) groups is 1. The van der Waals surface area contributed by atoms with Crippen LogP contribution in [0.25, 0.3) is 0 Å². The third-order valence-corrected chi connectivity index (χ3v) is 4.24. The molecule has 1 aromatic heterocycles. The summed E-state index contributed by atoms with van der Waals surface area (Å²) in [4.78, 5) is 16.5. The number of guanidine groups is 1. The van der Waals surface area contributed by atoms with E-state index in [0.29, 0.717) is 30.6 Å². The highest BCUT2D eigenvalue weighted by molar-refractivity contribution is 14.0. The molecule has 0 saturated carbocycles. The molecule has 148 valence electrons. The van der Waals surface area contributed by atoms with Crippen LogP contribution in [0.15, 0.2) is 52.1 Å². The molecule has 0 aliphatic heterocycles. The van der Waals surface area contributed by atoms with Crippen molar-refractivity contribution in [3.63, 3.8) is 0 Å². The molecule has 1 amide bonds. The molecule has 0 bridgehead atoms. The number of carbonyl (C=O) groups excluding carboxylic acids is 1. The van der Waals surface area contributed by atoms with E-state index in [-0.39, 0.29) is 29.9 Å². The zero-order chi connectivity index (χ0) is 18.9. The van der Waals surface area contributed by atoms with Crippen molar-refractivity contribution in [3.05, 3.63) is 59.5 Å². The smallest absolute Gasteiger partial charge is 0.251 e. The van der Waals surface area contributed by atoms with Crippen molar-refractivity contribution in [1.82, 2.24) is 16.0 Å². The molecule has 6 nitrogen and oxygen atoms in total. The number of rotatable bonds is 7. The van der Waals surface area contributed by atoms with Crippen molar-refractivity contribution < 1.29 is 9.21 Å². The van der Waals surface area contributed by atoms with Gasteiger partial charge in [-0.15, -0.1) is 24.0 Å². The molecule has 2 aromatic rings. The van der Waals surface area contributed by atoms with Crippen LogP contribution in [0.3, 0.4) is 0 Å². The Labute approximate surface area is 178 Å². The second kappa shape index (κ2) is 11.6. The summed E-state index contributed by atoms with van der Waals surface area (Å²) in [7, 11) is 1.75. The van der Waals surface area contributed by atoms with E-state index in [1.807, 2.05) is 24.3 Å². The van der Waals surface area contributed by atoms with Crippen molar-refractivity contribution in [3.8, 4) is 0 Å². The summed E-state index contributed by atoms with van der Waals surface area (Å²) in [5, 5.41) is 9.50. The van der Waals surface area contributed by atoms with Crippen molar-refractivity contribution in [2.75, 3.05) is 7.05 Å². The third kappa shape index (κ3) is 7.62. The molecular weight excluding hydrogens is 455 g/mol. The minimum absolute atomic E-state index is 0. The Kier molecular flexibility index (Phi) is 9.92. The SMILES string of the molecule is CN=C(NCc1cccc(C(=O)NCc2ccco2)c1)NC(C)C(C)C.I. The van der Waals surface area contributed by atoms with Crippen molar-refractivity contribution in [2.24, 2.45) is 10.9 Å². The maximum absolute atomic E-state index is 12.3. The van der Waals surface area contributed by atoms with Crippen molar-refractivity contribution in [1.29, 1.82) is 0 Å². The van der Waals surface area contributed by atoms with E-state index in [4.69, 9.17) is 4.42 Å². The van der Waals surface area contributed by atoms with Gasteiger partial charge in [0.1, 0.15) is 5.76 Å². The monoisotopic (exact) mass is 484 g/mol. The van der Waals surface area contributed by atoms with Crippen LogP contribution in [-0.4, -0.2) is 25.0 Å². The van der Waals surface area contributed by atoms with Crippen LogP contribution >= 0.6 is 24.0 Å². The van der Waals surface area contributed by atoms with Gasteiger partial charge in [0.25, 0.3) is 5.91 Å². The number of nitrogens with one attached hydrogen (secondary N) is 3. The highest BCUT2D eigenvalue weighted by atomic mass is 127. The van der Waals surface area contributed by atoms with E-state index < -0.39 is 0 Å². The predicted molar refractivity (Wildman–Crippen MR) is 119 cm³/mol. The lowest BCUT2D eigenvalue weighted by Crippen LogP contribution is -2.43. The van der Waals surface area contributed by atoms with E-state index >= 15 is 0 Å². The Hall–Kier alpha value is -2.03. The van der Waals surface area contributed by atoms with Gasteiger partial charge >= 0.3 is 0 Å². The fraction of sp³-hybridized carbons (Fsp3) is 0.400. The summed E-state index contributed by atoms with van der Waals surface area (Å²) in [5.74, 6) is 1.86. The summed E-state index contributed by atoms with van der Waals surface area (Å²) in [6.07, 6.45) is 1.59. The molecule has 0 fully saturated rings. The van der Waals surface area contributed by atoms with Crippen LogP contribution in [-0.2, 0) is 13.1 Å². The molecule has 3 N–H and O–H groups in total. The molecular formula is C20H29IN4O2. The summed E-state index contributed by atoms with van der Waals surface area (Å²) >= 11 is 0. The van der Waals surface area contributed by atoms with Gasteiger partial charge in [-0.25, -0.2) is 0 Å². The number of benzene rings is 1. The standard InChI is InChI=1S/C20H28N4O2.HI/c1-14(2)15(3)24-20(21-4)23-12-16-7-5-8-17(11-16)19(25)22-13-18-9-6-10-26-18;/h5-11,14-15H,12-13H2,1-4H3,(H,22,25)(H2,21,23,24);1H. The van der Waals surface area contributed by atoms with Crippen molar-refractivity contribution in [2.45, 2.75) is 39.9 Å². The summed E-state index contributed by atoms with van der Waals surface area (Å²) < 4.78 is 5.22. The number of nitrogens with zero attached hydrogens (tertiary/aromatic N) is 1. The molecule has 0 spiro atoms. The first-order chi connectivity index (χ1) is 12.5. The van der Waals surface area contributed by atoms with Crippen LogP contribution in [0.1, 0.15) is 42.5 Å². The molecule has 0 radical (unpaired) electrons. The van der Waals surface area contributed by atoms with Crippen LogP contribution in [0.4, 0.5) is 0 Å². The van der Waals surface area contributed by atoms with Gasteiger partial charge in [0.05, 0.1) is 12.8 Å². The van der Waals surface area contributed by atoms with Gasteiger partial charge in [-0.2, -0.15) is 0 Å². The molecule has 0 saturated heterocycles. The normalized spacial score (nSPS) is 12.3. The highest BCUT2D eigenvalue weighted by Crippen LogP contribution is 2.07. The maximum atomic E-state index is 12.3. The van der Waals surface area contributed by atoms with E-state index in [2.05, 4.69) is 41.7 Å². The first kappa shape index (κ1) is 23.0. The molecule has 7 heteroatoms. The average molecular weight is 484 g/mol. The zero-order valence-electron chi connectivity index (χ0n) is 16.3. The number of hydrogen-bond donors (Lipinski definition) is 3. The number of halogens is 1. The maximum Gasteiger partial charge on any atom is 0.251 e. The van der Waals surface area contributed by atoms with Crippen LogP contribution in [0, 0.1) is 5.92 Å². The molecule has 1 unspecified atom stereocenters. The fourth-order valence-corrected chi connectivity index (χ4v) is 2.27. The van der Waals surface area contributed by atoms with Crippen LogP contribution in [0.2, 0.25) is 0 Å². The average Bonchev–Trinajstić information content (AvgIpc) is 3.16. The lowest BCUT2D eigenvalue weighted by Gasteiger charge is -2.20. The van der Waals surface area contributed by atoms with E-state index in [9.17, 15) is 4.79 Å². The van der Waals surface area contributed by atoms with Gasteiger partial charge < -0.3 is 20.4 Å². The summed E-state index contributed by atoms with van der Waals surface area (Å²) in [6.45, 7) is 7.41. The molecule has 0 aliphatic rings. The molecule has 27 heavy (non-hydrogen) atoms. The molecule has 2 rings (SSSR count). The first-order valence-electron chi connectivity index (χ1n) is 8.86. The lowest BCUT2D eigenvalue weighted by atomic mass is 10.1. The van der Waals surface area contributed by atoms with Crippen LogP contribution in [0.5, 0.6) is 0 Å². The molecule has 0 aliphatic carbocycles. The molecule has 1 heterocycles. The number of amides is 1. The van der Waals surface area contributed by atoms with E-state index in [1.165, 1.54) is 0 Å². The zero-order valence-corrected chi connectivity index (χ0v) is 18.6. The van der Waals surface area contributed by atoms with Crippen LogP contribution < -0.4 is 16.0 Å². The Morgan fingerprint density at radius 3 is 2.52 bits per heavy atom. The second-order valence-corrected chi connectivity index (χ2v) is 6.57. The second-order valence-electron chi connectivity index (χ2n) is 6.57. The van der Waals surface area contributed by atoms with E-state index in [0.717, 1.165) is 17.3 Å². The van der Waals surface area contributed by atoms with Gasteiger partial charge in [-0.3, -0.25) is 9.79 Å². The van der Waals surface area contributed by atoms with Crippen molar-refractivity contribution >= 4 is 35.8 Å². The minimum atomic E-state index is -0.126. The van der Waals surface area contributed by atoms with Gasteiger partial charge in [-0.1, -0.05) is 26.0 Å². The van der Waals surface area contributed by atoms with Gasteiger partial charge in [0.15, 0.2) is 5.96 Å². The highest BCUT2D eigenvalue weighted by Gasteiger charge is 2.10. The number of furan rings is 1. The summed E-state index contributed by atoms with van der Waals surface area (Å²) in [6, 6.07) is 11.5. The predicted octanol–water partition coefficient (Wildman–Crippen LogP) is 3.54. The first-order valence-corrected chi connectivity index (χ1v) is 8.86. The van der Waals surface area contributed by atoms with Gasteiger partial charge in [0.2, 0.25) is 0 Å². The Morgan fingerprint density at radius 2 is 1.89 bits per heavy atom. The Bertz CT molecular complexity index is 729. The quantitative estimate of drug-likeness (QED) is 0.319. The number of hydrogen-bond acceptors (Lipinski definition) is 3. The minimum Gasteiger partial charge on any atom is -0.467 e. The Balaban J connectivity index is 0.00000364. The molecule has 1 aromatic carbocycles. The summed E-state index contributed by atoms with van der Waals surface area (Å²) in [5.41, 5.74) is 1.63. The third-order valence-electron chi connectivity index (χ3n) is 4.24. The molecule has 1 atom stereocenters. The van der Waals surface area contributed by atoms with E-state index in [1.54, 1.807) is 25.4 Å². The Morgan fingerprint density at radius 1 is 1.11 bits per heavy atom. The van der Waals surface area contributed by atoms with Gasteiger partial charge in [-0.05, 0) is 42.7 Å². The lowest BCUT2D eigenvalue weighted by molar-refractivity contribution is 0.0948.